The topological polar surface area (TPSA) is 35.5 Å². The van der Waals surface area contributed by atoms with Gasteiger partial charge in [-0.15, -0.1) is 0 Å². The summed E-state index contributed by atoms with van der Waals surface area (Å²) in [5.41, 5.74) is 0.288. The average molecular weight is 379 g/mol. The molecule has 2 aromatic carbocycles. The number of halogens is 2. The number of hydrogen-bond acceptors (Lipinski definition) is 3. The van der Waals surface area contributed by atoms with E-state index in [9.17, 15) is 4.79 Å². The summed E-state index contributed by atoms with van der Waals surface area (Å²) in [5, 5.41) is 1.64. The van der Waals surface area contributed by atoms with Crippen LogP contribution in [0.2, 0.25) is 10.0 Å². The second-order valence-electron chi connectivity index (χ2n) is 4.72. The summed E-state index contributed by atoms with van der Waals surface area (Å²) in [4.78, 5) is 12.4. The van der Waals surface area contributed by atoms with Gasteiger partial charge in [-0.05, 0) is 52.0 Å². The van der Waals surface area contributed by atoms with Crippen LogP contribution in [0.1, 0.15) is 25.6 Å². The van der Waals surface area contributed by atoms with E-state index in [1.165, 1.54) is 0 Å². The number of hydrogen-bond donors (Lipinski definition) is 0. The van der Waals surface area contributed by atoms with Gasteiger partial charge in [0.05, 0.1) is 15.6 Å². The van der Waals surface area contributed by atoms with Crippen LogP contribution in [0.3, 0.4) is 0 Å². The van der Waals surface area contributed by atoms with E-state index >= 15 is 0 Å². The van der Waals surface area contributed by atoms with Crippen LogP contribution in [0.15, 0.2) is 42.5 Å². The Hall–Kier alpha value is -0.523. The third-order valence-electron chi connectivity index (χ3n) is 3.01. The van der Waals surface area contributed by atoms with Crippen LogP contribution in [-0.4, -0.2) is 18.4 Å². The molecule has 124 valence electrons. The Labute approximate surface area is 167 Å². The molecular formula is C17H18Cl2LiO3P. The molecular weight excluding hydrogens is 361 g/mol. The van der Waals surface area contributed by atoms with Crippen LogP contribution in [-0.2, 0) is 4.74 Å². The molecule has 0 fully saturated rings. The summed E-state index contributed by atoms with van der Waals surface area (Å²) >= 11 is 12.1. The first kappa shape index (κ1) is 21.5. The molecule has 24 heavy (non-hydrogen) atoms. The van der Waals surface area contributed by atoms with Gasteiger partial charge in [-0.2, -0.15) is 0 Å². The largest absolute Gasteiger partial charge is 1.00 e. The van der Waals surface area contributed by atoms with Crippen molar-refractivity contribution in [3.05, 3.63) is 58.1 Å². The number of carbonyl (C=O) groups is 1. The van der Waals surface area contributed by atoms with Gasteiger partial charge in [-0.3, -0.25) is 4.79 Å². The minimum atomic E-state index is -0.308. The maximum Gasteiger partial charge on any atom is 1.00 e. The van der Waals surface area contributed by atoms with Gasteiger partial charge < -0.3 is 10.9 Å². The fourth-order valence-electron chi connectivity index (χ4n) is 1.99. The van der Waals surface area contributed by atoms with Crippen molar-refractivity contribution in [1.29, 1.82) is 0 Å². The molecule has 0 N–H and O–H groups in total. The van der Waals surface area contributed by atoms with E-state index in [1.807, 2.05) is 38.1 Å². The van der Waals surface area contributed by atoms with Gasteiger partial charge >= 0.3 is 18.9 Å². The number of rotatable bonds is 7. The molecule has 0 aliphatic carbocycles. The van der Waals surface area contributed by atoms with Crippen molar-refractivity contribution in [1.82, 2.24) is 0 Å². The van der Waals surface area contributed by atoms with E-state index in [-0.39, 0.29) is 40.7 Å². The molecule has 0 heterocycles. The molecule has 0 radical (unpaired) electrons. The third kappa shape index (κ3) is 6.08. The van der Waals surface area contributed by atoms with Gasteiger partial charge in [0, 0.05) is 6.61 Å². The van der Waals surface area contributed by atoms with Crippen LogP contribution in [0.5, 0.6) is 5.75 Å². The molecule has 0 bridgehead atoms. The number of benzene rings is 2. The summed E-state index contributed by atoms with van der Waals surface area (Å²) in [5.74, 6) is 0.697. The quantitative estimate of drug-likeness (QED) is 0.420. The predicted molar refractivity (Wildman–Crippen MR) is 98.0 cm³/mol. The van der Waals surface area contributed by atoms with Gasteiger partial charge in [0.2, 0.25) is 0 Å². The first-order valence-electron chi connectivity index (χ1n) is 7.15. The zero-order valence-electron chi connectivity index (χ0n) is 14.8. The predicted octanol–water partition coefficient (Wildman–Crippen LogP) is 2.02. The Morgan fingerprint density at radius 2 is 1.75 bits per heavy atom. The minimum absolute atomic E-state index is 0. The fraction of sp³-hybridized carbons (Fsp3) is 0.235. The van der Waals surface area contributed by atoms with Crippen LogP contribution in [0.25, 0.3) is 0 Å². The average Bonchev–Trinajstić information content (AvgIpc) is 2.49. The van der Waals surface area contributed by atoms with Crippen molar-refractivity contribution in [3.63, 3.8) is 0 Å². The van der Waals surface area contributed by atoms with E-state index in [2.05, 4.69) is 0 Å². The van der Waals surface area contributed by atoms with E-state index in [0.29, 0.717) is 28.0 Å². The van der Waals surface area contributed by atoms with Crippen LogP contribution >= 0.6 is 31.8 Å². The first-order valence-corrected chi connectivity index (χ1v) is 8.90. The van der Waals surface area contributed by atoms with Gasteiger partial charge in [0.15, 0.2) is 11.8 Å². The van der Waals surface area contributed by atoms with E-state index < -0.39 is 0 Å². The van der Waals surface area contributed by atoms with Gasteiger partial charge in [0.1, 0.15) is 5.75 Å². The molecule has 0 aliphatic heterocycles. The van der Waals surface area contributed by atoms with Gasteiger partial charge in [-0.25, -0.2) is 0 Å². The monoisotopic (exact) mass is 378 g/mol. The van der Waals surface area contributed by atoms with E-state index in [0.717, 1.165) is 5.30 Å². The molecule has 7 heteroatoms. The van der Waals surface area contributed by atoms with Crippen molar-refractivity contribution < 1.29 is 34.6 Å². The first-order chi connectivity index (χ1) is 11.0. The minimum Gasteiger partial charge on any atom is -1.00 e. The summed E-state index contributed by atoms with van der Waals surface area (Å²) < 4.78 is 10.9. The van der Waals surface area contributed by atoms with Crippen molar-refractivity contribution in [2.24, 2.45) is 0 Å². The summed E-state index contributed by atoms with van der Waals surface area (Å²) in [6, 6.07) is 12.4. The molecule has 0 saturated carbocycles. The van der Waals surface area contributed by atoms with Crippen molar-refractivity contribution in [2.75, 3.05) is 6.61 Å². The van der Waals surface area contributed by atoms with Crippen LogP contribution in [0.4, 0.5) is 0 Å². The third-order valence-corrected chi connectivity index (χ3v) is 4.73. The Morgan fingerprint density at radius 1 is 1.17 bits per heavy atom. The van der Waals surface area contributed by atoms with E-state index in [1.54, 1.807) is 18.2 Å². The Balaban J connectivity index is 0.00000288. The SMILES string of the molecule is CCOC(C)Oc1ccc(PC(=O)c2c(Cl)cccc2Cl)cc1.[H-].[Li+]. The van der Waals surface area contributed by atoms with Crippen molar-refractivity contribution in [2.45, 2.75) is 20.1 Å². The zero-order chi connectivity index (χ0) is 16.8. The molecule has 0 amide bonds. The van der Waals surface area contributed by atoms with Crippen LogP contribution < -0.4 is 28.9 Å². The molecule has 0 spiro atoms. The molecule has 2 unspecified atom stereocenters. The summed E-state index contributed by atoms with van der Waals surface area (Å²) in [6.45, 7) is 4.34. The summed E-state index contributed by atoms with van der Waals surface area (Å²) in [7, 11) is -0.0535. The maximum absolute atomic E-state index is 12.4. The molecule has 0 aliphatic rings. The van der Waals surface area contributed by atoms with Gasteiger partial charge in [-0.1, -0.05) is 41.4 Å². The number of ether oxygens (including phenoxy) is 2. The maximum atomic E-state index is 12.4. The molecule has 2 aromatic rings. The van der Waals surface area contributed by atoms with Crippen molar-refractivity contribution >= 4 is 42.6 Å². The molecule has 0 aromatic heterocycles. The Bertz CT molecular complexity index is 666. The number of carbonyl (C=O) groups excluding carboxylic acids is 1. The Morgan fingerprint density at radius 3 is 2.29 bits per heavy atom. The zero-order valence-corrected chi connectivity index (χ0v) is 16.3. The second kappa shape index (κ2) is 10.5. The van der Waals surface area contributed by atoms with E-state index in [4.69, 9.17) is 32.7 Å². The fourth-order valence-corrected chi connectivity index (χ4v) is 3.70. The molecule has 0 saturated heterocycles. The smallest absolute Gasteiger partial charge is 1.00 e. The second-order valence-corrected chi connectivity index (χ2v) is 6.81. The molecule has 3 nitrogen and oxygen atoms in total. The molecule has 2 atom stereocenters. The van der Waals surface area contributed by atoms with Crippen LogP contribution in [0, 0.1) is 0 Å². The standard InChI is InChI=1S/C17H17Cl2O3P.Li.H/c1-3-21-11(2)22-12-7-9-13(10-8-12)23-17(20)16-14(18)5-4-6-15(16)19;;/h4-11,23H,3H2,1-2H3;;/q;+1;-1. The Kier molecular flexibility index (Phi) is 9.38. The van der Waals surface area contributed by atoms with Crippen molar-refractivity contribution in [3.8, 4) is 5.75 Å². The normalized spacial score (nSPS) is 12.0. The summed E-state index contributed by atoms with van der Waals surface area (Å²) in [6.07, 6.45) is -0.308. The van der Waals surface area contributed by atoms with Gasteiger partial charge in [0.25, 0.3) is 0 Å². The molecule has 2 rings (SSSR count).